The smallest absolute Gasteiger partial charge is 0.255 e. The summed E-state index contributed by atoms with van der Waals surface area (Å²) in [5.41, 5.74) is 2.33. The van der Waals surface area contributed by atoms with Crippen molar-refractivity contribution in [1.29, 1.82) is 0 Å². The lowest BCUT2D eigenvalue weighted by atomic mass is 9.77. The molecule has 2 aromatic rings. The van der Waals surface area contributed by atoms with Crippen LogP contribution in [0.25, 0.3) is 10.9 Å². The standard InChI is InChI=1S/C20H23N3O2/c1-14-15-5-3-4-6-17(15)21-13-16(14)18(24)23-11-8-20(9-12-23)7-10-22(2)19(20)25/h3-6,13H,7-12H2,1-2H3. The Hall–Kier alpha value is -2.43. The summed E-state index contributed by atoms with van der Waals surface area (Å²) >= 11 is 0. The molecule has 0 N–H and O–H groups in total. The number of aromatic nitrogens is 1. The number of pyridine rings is 1. The van der Waals surface area contributed by atoms with Crippen molar-refractivity contribution < 1.29 is 9.59 Å². The molecule has 1 aromatic heterocycles. The summed E-state index contributed by atoms with van der Waals surface area (Å²) in [4.78, 5) is 33.6. The number of amides is 2. The SMILES string of the molecule is Cc1c(C(=O)N2CCC3(CCN(C)C3=O)CC2)cnc2ccccc12. The van der Waals surface area contributed by atoms with E-state index in [9.17, 15) is 9.59 Å². The van der Waals surface area contributed by atoms with Gasteiger partial charge in [0, 0.05) is 38.3 Å². The maximum absolute atomic E-state index is 13.0. The summed E-state index contributed by atoms with van der Waals surface area (Å²) in [7, 11) is 1.87. The highest BCUT2D eigenvalue weighted by molar-refractivity contribution is 6.00. The molecule has 2 aliphatic heterocycles. The van der Waals surface area contributed by atoms with Crippen LogP contribution in [0.15, 0.2) is 30.5 Å². The van der Waals surface area contributed by atoms with Gasteiger partial charge < -0.3 is 9.80 Å². The molecule has 5 heteroatoms. The highest BCUT2D eigenvalue weighted by Gasteiger charge is 2.47. The maximum Gasteiger partial charge on any atom is 0.255 e. The number of fused-ring (bicyclic) bond motifs is 1. The minimum atomic E-state index is -0.234. The minimum absolute atomic E-state index is 0.0319. The van der Waals surface area contributed by atoms with Crippen LogP contribution in [0.3, 0.4) is 0 Å². The van der Waals surface area contributed by atoms with E-state index in [0.29, 0.717) is 18.7 Å². The average molecular weight is 337 g/mol. The molecule has 2 aliphatic rings. The highest BCUT2D eigenvalue weighted by atomic mass is 16.2. The van der Waals surface area contributed by atoms with Gasteiger partial charge in [0.1, 0.15) is 0 Å². The Labute approximate surface area is 147 Å². The quantitative estimate of drug-likeness (QED) is 0.804. The number of nitrogens with zero attached hydrogens (tertiary/aromatic N) is 3. The molecule has 2 amide bonds. The fourth-order valence-corrected chi connectivity index (χ4v) is 4.26. The lowest BCUT2D eigenvalue weighted by Crippen LogP contribution is -2.46. The van der Waals surface area contributed by atoms with Gasteiger partial charge in [-0.1, -0.05) is 18.2 Å². The highest BCUT2D eigenvalue weighted by Crippen LogP contribution is 2.41. The first-order valence-corrected chi connectivity index (χ1v) is 8.91. The number of rotatable bonds is 1. The predicted octanol–water partition coefficient (Wildman–Crippen LogP) is 2.63. The zero-order valence-corrected chi connectivity index (χ0v) is 14.8. The zero-order valence-electron chi connectivity index (χ0n) is 14.8. The van der Waals surface area contributed by atoms with E-state index in [4.69, 9.17) is 0 Å². The van der Waals surface area contributed by atoms with Crippen LogP contribution in [0.1, 0.15) is 35.2 Å². The van der Waals surface area contributed by atoms with E-state index < -0.39 is 0 Å². The van der Waals surface area contributed by atoms with Crippen LogP contribution in [0.4, 0.5) is 0 Å². The molecule has 0 saturated carbocycles. The van der Waals surface area contributed by atoms with Crippen molar-refractivity contribution in [2.24, 2.45) is 5.41 Å². The largest absolute Gasteiger partial charge is 0.345 e. The summed E-state index contributed by atoms with van der Waals surface area (Å²) in [5, 5.41) is 1.02. The number of para-hydroxylation sites is 1. The Morgan fingerprint density at radius 1 is 1.12 bits per heavy atom. The first-order chi connectivity index (χ1) is 12.0. The molecule has 25 heavy (non-hydrogen) atoms. The lowest BCUT2D eigenvalue weighted by molar-refractivity contribution is -0.137. The van der Waals surface area contributed by atoms with Gasteiger partial charge in [-0.15, -0.1) is 0 Å². The van der Waals surface area contributed by atoms with E-state index in [1.807, 2.05) is 48.0 Å². The number of benzene rings is 1. The van der Waals surface area contributed by atoms with E-state index in [0.717, 1.165) is 42.3 Å². The van der Waals surface area contributed by atoms with Crippen molar-refractivity contribution >= 4 is 22.7 Å². The fraction of sp³-hybridized carbons (Fsp3) is 0.450. The van der Waals surface area contributed by atoms with Gasteiger partial charge in [0.15, 0.2) is 0 Å². The third-order valence-corrected chi connectivity index (χ3v) is 6.01. The molecule has 0 bridgehead atoms. The second kappa shape index (κ2) is 5.83. The molecule has 3 heterocycles. The van der Waals surface area contributed by atoms with Crippen LogP contribution in [0.5, 0.6) is 0 Å². The normalized spacial score (nSPS) is 19.8. The van der Waals surface area contributed by atoms with Gasteiger partial charge >= 0.3 is 0 Å². The first-order valence-electron chi connectivity index (χ1n) is 8.91. The number of hydrogen-bond acceptors (Lipinski definition) is 3. The molecule has 0 unspecified atom stereocenters. The molecule has 0 aliphatic carbocycles. The van der Waals surface area contributed by atoms with Gasteiger partial charge in [0.25, 0.3) is 5.91 Å². The Bertz CT molecular complexity index is 853. The lowest BCUT2D eigenvalue weighted by Gasteiger charge is -2.38. The van der Waals surface area contributed by atoms with Crippen molar-refractivity contribution in [3.8, 4) is 0 Å². The van der Waals surface area contributed by atoms with E-state index in [1.165, 1.54) is 0 Å². The average Bonchev–Trinajstić information content (AvgIpc) is 2.91. The minimum Gasteiger partial charge on any atom is -0.345 e. The summed E-state index contributed by atoms with van der Waals surface area (Å²) in [6, 6.07) is 7.89. The van der Waals surface area contributed by atoms with Crippen molar-refractivity contribution in [2.75, 3.05) is 26.7 Å². The molecule has 2 fully saturated rings. The van der Waals surface area contributed by atoms with Crippen molar-refractivity contribution in [2.45, 2.75) is 26.2 Å². The topological polar surface area (TPSA) is 53.5 Å². The molecule has 2 saturated heterocycles. The van der Waals surface area contributed by atoms with E-state index in [-0.39, 0.29) is 17.2 Å². The Morgan fingerprint density at radius 2 is 1.80 bits per heavy atom. The monoisotopic (exact) mass is 337 g/mol. The van der Waals surface area contributed by atoms with Gasteiger partial charge in [-0.3, -0.25) is 14.6 Å². The first kappa shape index (κ1) is 16.1. The number of carbonyl (C=O) groups is 2. The van der Waals surface area contributed by atoms with Gasteiger partial charge in [-0.05, 0) is 37.8 Å². The second-order valence-electron chi connectivity index (χ2n) is 7.36. The van der Waals surface area contributed by atoms with Crippen LogP contribution >= 0.6 is 0 Å². The van der Waals surface area contributed by atoms with E-state index in [2.05, 4.69) is 4.98 Å². The molecule has 1 aromatic carbocycles. The van der Waals surface area contributed by atoms with Gasteiger partial charge in [0.2, 0.25) is 5.91 Å². The van der Waals surface area contributed by atoms with E-state index >= 15 is 0 Å². The third kappa shape index (κ3) is 2.49. The number of carbonyl (C=O) groups excluding carboxylic acids is 2. The number of piperidine rings is 1. The summed E-state index contributed by atoms with van der Waals surface area (Å²) < 4.78 is 0. The zero-order chi connectivity index (χ0) is 17.6. The number of hydrogen-bond donors (Lipinski definition) is 0. The summed E-state index contributed by atoms with van der Waals surface area (Å²) in [6.07, 6.45) is 4.14. The van der Waals surface area contributed by atoms with Crippen molar-refractivity contribution in [1.82, 2.24) is 14.8 Å². The van der Waals surface area contributed by atoms with Crippen LogP contribution < -0.4 is 0 Å². The van der Waals surface area contributed by atoms with Crippen LogP contribution in [0, 0.1) is 12.3 Å². The van der Waals surface area contributed by atoms with Crippen LogP contribution in [-0.2, 0) is 4.79 Å². The van der Waals surface area contributed by atoms with Crippen molar-refractivity contribution in [3.63, 3.8) is 0 Å². The summed E-state index contributed by atoms with van der Waals surface area (Å²) in [6.45, 7) is 4.11. The molecular formula is C20H23N3O2. The van der Waals surface area contributed by atoms with Crippen molar-refractivity contribution in [3.05, 3.63) is 41.6 Å². The van der Waals surface area contributed by atoms with Gasteiger partial charge in [-0.25, -0.2) is 0 Å². The Kier molecular flexibility index (Phi) is 3.74. The van der Waals surface area contributed by atoms with E-state index in [1.54, 1.807) is 6.20 Å². The maximum atomic E-state index is 13.0. The van der Waals surface area contributed by atoms with Crippen LogP contribution in [0.2, 0.25) is 0 Å². The predicted molar refractivity (Wildman–Crippen MR) is 96.3 cm³/mol. The molecule has 4 rings (SSSR count). The molecule has 5 nitrogen and oxygen atoms in total. The third-order valence-electron chi connectivity index (χ3n) is 6.01. The molecular weight excluding hydrogens is 314 g/mol. The Morgan fingerprint density at radius 3 is 2.48 bits per heavy atom. The number of aryl methyl sites for hydroxylation is 1. The van der Waals surface area contributed by atoms with Crippen LogP contribution in [-0.4, -0.2) is 53.3 Å². The summed E-state index contributed by atoms with van der Waals surface area (Å²) in [5.74, 6) is 0.285. The Balaban J connectivity index is 1.55. The molecule has 130 valence electrons. The molecule has 0 radical (unpaired) electrons. The van der Waals surface area contributed by atoms with Gasteiger partial charge in [-0.2, -0.15) is 0 Å². The molecule has 0 atom stereocenters. The fourth-order valence-electron chi connectivity index (χ4n) is 4.26. The number of likely N-dealkylation sites (tertiary alicyclic amines) is 2. The molecule has 1 spiro atoms. The second-order valence-corrected chi connectivity index (χ2v) is 7.36. The van der Waals surface area contributed by atoms with Gasteiger partial charge in [0.05, 0.1) is 16.5 Å².